The molecular formula is C9H10ClN3. The lowest BCUT2D eigenvalue weighted by atomic mass is 10.3. The van der Waals surface area contributed by atoms with Crippen LogP contribution in [0.1, 0.15) is 11.4 Å². The highest BCUT2D eigenvalue weighted by atomic mass is 35.5. The Morgan fingerprint density at radius 3 is 2.77 bits per heavy atom. The molecule has 0 saturated heterocycles. The number of nitrogens with zero attached hydrogens (tertiary/aromatic N) is 2. The van der Waals surface area contributed by atoms with Crippen molar-refractivity contribution >= 4 is 17.4 Å². The topological polar surface area (TPSA) is 37.8 Å². The van der Waals surface area contributed by atoms with Gasteiger partial charge in [-0.05, 0) is 13.8 Å². The fourth-order valence-corrected chi connectivity index (χ4v) is 1.11. The summed E-state index contributed by atoms with van der Waals surface area (Å²) in [4.78, 5) is 8.17. The SMILES string of the molecule is C#CCNc1nc(C)nc(Cl)c1C. The minimum absolute atomic E-state index is 0.438. The highest BCUT2D eigenvalue weighted by molar-refractivity contribution is 6.30. The number of aryl methyl sites for hydroxylation is 1. The van der Waals surface area contributed by atoms with Crippen LogP contribution in [0.4, 0.5) is 5.82 Å². The van der Waals surface area contributed by atoms with Gasteiger partial charge < -0.3 is 5.32 Å². The maximum Gasteiger partial charge on any atom is 0.137 e. The molecule has 0 aliphatic carbocycles. The average Bonchev–Trinajstić information content (AvgIpc) is 2.09. The zero-order chi connectivity index (χ0) is 9.84. The summed E-state index contributed by atoms with van der Waals surface area (Å²) in [6.45, 7) is 4.07. The predicted octanol–water partition coefficient (Wildman–Crippen LogP) is 1.79. The average molecular weight is 196 g/mol. The maximum absolute atomic E-state index is 5.86. The van der Waals surface area contributed by atoms with Crippen molar-refractivity contribution in [2.75, 3.05) is 11.9 Å². The second kappa shape index (κ2) is 4.11. The molecule has 1 N–H and O–H groups in total. The third-order valence-corrected chi connectivity index (χ3v) is 1.92. The van der Waals surface area contributed by atoms with Crippen LogP contribution in [-0.4, -0.2) is 16.5 Å². The van der Waals surface area contributed by atoms with Crippen molar-refractivity contribution in [3.05, 3.63) is 16.5 Å². The second-order valence-corrected chi connectivity index (χ2v) is 2.95. The van der Waals surface area contributed by atoms with Crippen molar-refractivity contribution < 1.29 is 0 Å². The summed E-state index contributed by atoms with van der Waals surface area (Å²) >= 11 is 5.86. The Labute approximate surface area is 82.5 Å². The third kappa shape index (κ3) is 2.33. The van der Waals surface area contributed by atoms with E-state index in [2.05, 4.69) is 21.2 Å². The summed E-state index contributed by atoms with van der Waals surface area (Å²) in [5, 5.41) is 3.44. The largest absolute Gasteiger partial charge is 0.359 e. The first-order valence-electron chi connectivity index (χ1n) is 3.83. The first-order chi connectivity index (χ1) is 6.15. The van der Waals surface area contributed by atoms with Crippen molar-refractivity contribution in [2.45, 2.75) is 13.8 Å². The Morgan fingerprint density at radius 2 is 2.15 bits per heavy atom. The molecule has 13 heavy (non-hydrogen) atoms. The van der Waals surface area contributed by atoms with Gasteiger partial charge in [-0.1, -0.05) is 17.5 Å². The summed E-state index contributed by atoms with van der Waals surface area (Å²) in [7, 11) is 0. The van der Waals surface area contributed by atoms with Crippen LogP contribution < -0.4 is 5.32 Å². The van der Waals surface area contributed by atoms with Gasteiger partial charge in [0.05, 0.1) is 6.54 Å². The Hall–Kier alpha value is -1.27. The van der Waals surface area contributed by atoms with E-state index in [-0.39, 0.29) is 0 Å². The van der Waals surface area contributed by atoms with E-state index in [0.29, 0.717) is 23.3 Å². The van der Waals surface area contributed by atoms with Gasteiger partial charge in [0, 0.05) is 5.56 Å². The maximum atomic E-state index is 5.86. The summed E-state index contributed by atoms with van der Waals surface area (Å²) < 4.78 is 0. The predicted molar refractivity (Wildman–Crippen MR) is 53.8 cm³/mol. The number of hydrogen-bond acceptors (Lipinski definition) is 3. The van der Waals surface area contributed by atoms with Crippen molar-refractivity contribution in [3.8, 4) is 12.3 Å². The molecule has 0 radical (unpaired) electrons. The van der Waals surface area contributed by atoms with Crippen molar-refractivity contribution in [1.82, 2.24) is 9.97 Å². The quantitative estimate of drug-likeness (QED) is 0.578. The molecule has 0 fully saturated rings. The second-order valence-electron chi connectivity index (χ2n) is 2.59. The van der Waals surface area contributed by atoms with Crippen LogP contribution in [0, 0.1) is 26.2 Å². The zero-order valence-corrected chi connectivity index (χ0v) is 8.31. The molecule has 0 bridgehead atoms. The smallest absolute Gasteiger partial charge is 0.137 e. The van der Waals surface area contributed by atoms with Crippen LogP contribution >= 0.6 is 11.6 Å². The zero-order valence-electron chi connectivity index (χ0n) is 7.56. The molecule has 0 amide bonds. The van der Waals surface area contributed by atoms with Gasteiger partial charge in [0.25, 0.3) is 0 Å². The van der Waals surface area contributed by atoms with Crippen molar-refractivity contribution in [2.24, 2.45) is 0 Å². The van der Waals surface area contributed by atoms with Crippen LogP contribution in [0.15, 0.2) is 0 Å². The Kier molecular flexibility index (Phi) is 3.10. The lowest BCUT2D eigenvalue weighted by Gasteiger charge is -2.07. The van der Waals surface area contributed by atoms with E-state index >= 15 is 0 Å². The molecule has 0 unspecified atom stereocenters. The standard InChI is InChI=1S/C9H10ClN3/c1-4-5-11-9-6(2)8(10)12-7(3)13-9/h1H,5H2,2-3H3,(H,11,12,13). The van der Waals surface area contributed by atoms with Gasteiger partial charge in [-0.25, -0.2) is 9.97 Å². The first kappa shape index (κ1) is 9.82. The summed E-state index contributed by atoms with van der Waals surface area (Å²) in [6.07, 6.45) is 5.11. The van der Waals surface area contributed by atoms with Crippen molar-refractivity contribution in [1.29, 1.82) is 0 Å². The first-order valence-corrected chi connectivity index (χ1v) is 4.21. The normalized spacial score (nSPS) is 9.38. The van der Waals surface area contributed by atoms with Crippen LogP contribution in [0.2, 0.25) is 5.15 Å². The Balaban J connectivity index is 3.00. The van der Waals surface area contributed by atoms with Crippen molar-refractivity contribution in [3.63, 3.8) is 0 Å². The van der Waals surface area contributed by atoms with Gasteiger partial charge in [-0.3, -0.25) is 0 Å². The number of halogens is 1. The fraction of sp³-hybridized carbons (Fsp3) is 0.333. The number of terminal acetylenes is 1. The highest BCUT2D eigenvalue weighted by Gasteiger charge is 2.05. The third-order valence-electron chi connectivity index (χ3n) is 1.56. The van der Waals surface area contributed by atoms with Crippen LogP contribution in [0.3, 0.4) is 0 Å². The molecule has 4 heteroatoms. The monoisotopic (exact) mass is 195 g/mol. The van der Waals surface area contributed by atoms with Crippen LogP contribution in [0.5, 0.6) is 0 Å². The molecule has 0 aliphatic rings. The molecular weight excluding hydrogens is 186 g/mol. The molecule has 0 saturated carbocycles. The van der Waals surface area contributed by atoms with Gasteiger partial charge in [0.2, 0.25) is 0 Å². The van der Waals surface area contributed by atoms with E-state index in [0.717, 1.165) is 5.56 Å². The van der Waals surface area contributed by atoms with Gasteiger partial charge in [0.1, 0.15) is 16.8 Å². The fourth-order valence-electron chi connectivity index (χ4n) is 0.901. The molecule has 0 spiro atoms. The number of nitrogens with one attached hydrogen (secondary N) is 1. The van der Waals surface area contributed by atoms with E-state index < -0.39 is 0 Å². The van der Waals surface area contributed by atoms with E-state index in [1.807, 2.05) is 6.92 Å². The molecule has 1 rings (SSSR count). The number of rotatable bonds is 2. The van der Waals surface area contributed by atoms with Gasteiger partial charge in [-0.2, -0.15) is 0 Å². The molecule has 0 aliphatic heterocycles. The van der Waals surface area contributed by atoms with Gasteiger partial charge in [-0.15, -0.1) is 6.42 Å². The summed E-state index contributed by atoms with van der Waals surface area (Å²) in [5.74, 6) is 3.81. The molecule has 0 aromatic carbocycles. The van der Waals surface area contributed by atoms with E-state index in [1.165, 1.54) is 0 Å². The van der Waals surface area contributed by atoms with Crippen LogP contribution in [-0.2, 0) is 0 Å². The van der Waals surface area contributed by atoms with E-state index in [9.17, 15) is 0 Å². The Bertz CT molecular complexity index is 355. The highest BCUT2D eigenvalue weighted by Crippen LogP contribution is 2.18. The lowest BCUT2D eigenvalue weighted by Crippen LogP contribution is -2.05. The molecule has 1 aromatic rings. The molecule has 3 nitrogen and oxygen atoms in total. The van der Waals surface area contributed by atoms with Crippen LogP contribution in [0.25, 0.3) is 0 Å². The minimum Gasteiger partial charge on any atom is -0.359 e. The summed E-state index contributed by atoms with van der Waals surface area (Å²) in [6, 6.07) is 0. The minimum atomic E-state index is 0.438. The van der Waals surface area contributed by atoms with E-state index in [1.54, 1.807) is 6.92 Å². The lowest BCUT2D eigenvalue weighted by molar-refractivity contribution is 1.03. The van der Waals surface area contributed by atoms with Gasteiger partial charge >= 0.3 is 0 Å². The van der Waals surface area contributed by atoms with E-state index in [4.69, 9.17) is 18.0 Å². The number of hydrogen-bond donors (Lipinski definition) is 1. The molecule has 68 valence electrons. The molecule has 0 atom stereocenters. The summed E-state index contributed by atoms with van der Waals surface area (Å²) in [5.41, 5.74) is 0.822. The molecule has 1 aromatic heterocycles. The number of anilines is 1. The van der Waals surface area contributed by atoms with Gasteiger partial charge in [0.15, 0.2) is 0 Å². The number of aromatic nitrogens is 2. The Morgan fingerprint density at radius 1 is 1.46 bits per heavy atom. The molecule has 1 heterocycles.